The van der Waals surface area contributed by atoms with Crippen LogP contribution in [0.1, 0.15) is 19.3 Å². The first-order chi connectivity index (χ1) is 11.5. The summed E-state index contributed by atoms with van der Waals surface area (Å²) >= 11 is 0. The molecule has 0 radical (unpaired) electrons. The predicted molar refractivity (Wildman–Crippen MR) is 85.5 cm³/mol. The van der Waals surface area contributed by atoms with Crippen molar-refractivity contribution >= 4 is 23.2 Å². The number of carbonyl (C=O) groups excluding carboxylic acids is 2. The molecule has 2 saturated heterocycles. The van der Waals surface area contributed by atoms with Gasteiger partial charge in [0.25, 0.3) is 5.69 Å². The maximum Gasteiger partial charge on any atom is 0.269 e. The summed E-state index contributed by atoms with van der Waals surface area (Å²) in [6.07, 6.45) is 2.17. The molecular formula is C16H19N3O5. The number of nitro benzene ring substituents is 1. The molecule has 1 aromatic carbocycles. The van der Waals surface area contributed by atoms with Crippen molar-refractivity contribution in [3.8, 4) is 0 Å². The number of nitrogens with zero attached hydrogens (tertiary/aromatic N) is 2. The summed E-state index contributed by atoms with van der Waals surface area (Å²) in [4.78, 5) is 36.1. The molecule has 2 amide bonds. The second-order valence-corrected chi connectivity index (χ2v) is 6.06. The minimum atomic E-state index is -0.489. The zero-order valence-corrected chi connectivity index (χ0v) is 13.1. The molecule has 8 nitrogen and oxygen atoms in total. The van der Waals surface area contributed by atoms with Crippen molar-refractivity contribution < 1.29 is 19.2 Å². The molecule has 8 heteroatoms. The second-order valence-electron chi connectivity index (χ2n) is 6.06. The smallest absolute Gasteiger partial charge is 0.269 e. The molecule has 1 N–H and O–H groups in total. The van der Waals surface area contributed by atoms with Crippen LogP contribution in [-0.2, 0) is 14.3 Å². The van der Waals surface area contributed by atoms with Crippen molar-refractivity contribution in [2.45, 2.75) is 25.4 Å². The number of carbonyl (C=O) groups is 2. The first-order valence-electron chi connectivity index (χ1n) is 7.98. The second kappa shape index (κ2) is 6.96. The van der Waals surface area contributed by atoms with Crippen LogP contribution in [0.5, 0.6) is 0 Å². The van der Waals surface area contributed by atoms with Crippen LogP contribution in [0.3, 0.4) is 0 Å². The lowest BCUT2D eigenvalue weighted by atomic mass is 10.1. The number of amides is 2. The monoisotopic (exact) mass is 333 g/mol. The van der Waals surface area contributed by atoms with E-state index in [-0.39, 0.29) is 36.6 Å². The van der Waals surface area contributed by atoms with Crippen LogP contribution < -0.4 is 10.2 Å². The lowest BCUT2D eigenvalue weighted by molar-refractivity contribution is -0.384. The number of rotatable bonds is 5. The summed E-state index contributed by atoms with van der Waals surface area (Å²) in [5.74, 6) is -0.710. The minimum absolute atomic E-state index is 0.0312. The molecule has 0 saturated carbocycles. The SMILES string of the molecule is O=C(NC[C@H]1CCCO1)[C@H]1CC(=O)N(c2ccc([N+](=O)[O-])cc2)C1. The molecule has 0 spiro atoms. The largest absolute Gasteiger partial charge is 0.376 e. The Morgan fingerprint density at radius 3 is 2.75 bits per heavy atom. The zero-order chi connectivity index (χ0) is 17.1. The quantitative estimate of drug-likeness (QED) is 0.645. The van der Waals surface area contributed by atoms with Gasteiger partial charge in [-0.15, -0.1) is 0 Å². The summed E-state index contributed by atoms with van der Waals surface area (Å²) in [5, 5.41) is 13.5. The van der Waals surface area contributed by atoms with Crippen LogP contribution in [0, 0.1) is 16.0 Å². The van der Waals surface area contributed by atoms with Crippen molar-refractivity contribution in [2.75, 3.05) is 24.6 Å². The summed E-state index contributed by atoms with van der Waals surface area (Å²) in [5.41, 5.74) is 0.538. The topological polar surface area (TPSA) is 102 Å². The fourth-order valence-corrected chi connectivity index (χ4v) is 3.05. The standard InChI is InChI=1S/C16H19N3O5/c20-15-8-11(16(21)17-9-14-2-1-7-24-14)10-18(15)12-3-5-13(6-4-12)19(22)23/h3-6,11,14H,1-2,7-10H2,(H,17,21)/t11-,14+/m0/s1. The van der Waals surface area contributed by atoms with Gasteiger partial charge >= 0.3 is 0 Å². The van der Waals surface area contributed by atoms with E-state index in [1.165, 1.54) is 29.2 Å². The highest BCUT2D eigenvalue weighted by molar-refractivity contribution is 6.00. The van der Waals surface area contributed by atoms with Crippen LogP contribution in [0.4, 0.5) is 11.4 Å². The van der Waals surface area contributed by atoms with E-state index in [2.05, 4.69) is 5.32 Å². The van der Waals surface area contributed by atoms with Gasteiger partial charge in [0.1, 0.15) is 0 Å². The van der Waals surface area contributed by atoms with Gasteiger partial charge in [0.05, 0.1) is 16.9 Å². The van der Waals surface area contributed by atoms with E-state index < -0.39 is 10.8 Å². The van der Waals surface area contributed by atoms with Crippen molar-refractivity contribution in [3.05, 3.63) is 34.4 Å². The number of ether oxygens (including phenoxy) is 1. The van der Waals surface area contributed by atoms with Gasteiger partial charge in [0, 0.05) is 43.9 Å². The van der Waals surface area contributed by atoms with Gasteiger partial charge < -0.3 is 15.0 Å². The van der Waals surface area contributed by atoms with E-state index in [0.717, 1.165) is 19.4 Å². The highest BCUT2D eigenvalue weighted by atomic mass is 16.6. The highest BCUT2D eigenvalue weighted by Gasteiger charge is 2.35. The van der Waals surface area contributed by atoms with Gasteiger partial charge in [-0.3, -0.25) is 19.7 Å². The number of nitrogens with one attached hydrogen (secondary N) is 1. The Labute approximate surface area is 138 Å². The Hall–Kier alpha value is -2.48. The van der Waals surface area contributed by atoms with Crippen molar-refractivity contribution in [2.24, 2.45) is 5.92 Å². The van der Waals surface area contributed by atoms with Crippen LogP contribution in [-0.4, -0.2) is 42.5 Å². The van der Waals surface area contributed by atoms with Crippen LogP contribution in [0.15, 0.2) is 24.3 Å². The Kier molecular flexibility index (Phi) is 4.75. The van der Waals surface area contributed by atoms with Crippen LogP contribution in [0.2, 0.25) is 0 Å². The molecule has 2 atom stereocenters. The highest BCUT2D eigenvalue weighted by Crippen LogP contribution is 2.27. The third kappa shape index (κ3) is 3.53. The normalized spacial score (nSPS) is 23.5. The minimum Gasteiger partial charge on any atom is -0.376 e. The molecule has 1 aromatic rings. The molecule has 3 rings (SSSR count). The molecule has 2 aliphatic heterocycles. The van der Waals surface area contributed by atoms with E-state index >= 15 is 0 Å². The maximum atomic E-state index is 12.2. The molecule has 0 aliphatic carbocycles. The third-order valence-electron chi connectivity index (χ3n) is 4.40. The molecule has 2 aliphatic rings. The van der Waals surface area contributed by atoms with Gasteiger partial charge in [0.15, 0.2) is 0 Å². The molecule has 0 bridgehead atoms. The predicted octanol–water partition coefficient (Wildman–Crippen LogP) is 1.24. The van der Waals surface area contributed by atoms with Gasteiger partial charge in [-0.25, -0.2) is 0 Å². The van der Waals surface area contributed by atoms with Gasteiger partial charge in [-0.2, -0.15) is 0 Å². The lowest BCUT2D eigenvalue weighted by Crippen LogP contribution is -2.37. The zero-order valence-electron chi connectivity index (χ0n) is 13.1. The van der Waals surface area contributed by atoms with Crippen LogP contribution in [0.25, 0.3) is 0 Å². The van der Waals surface area contributed by atoms with Gasteiger partial charge in [-0.05, 0) is 25.0 Å². The number of non-ortho nitro benzene ring substituents is 1. The Morgan fingerprint density at radius 1 is 1.38 bits per heavy atom. The van der Waals surface area contributed by atoms with E-state index in [4.69, 9.17) is 4.74 Å². The summed E-state index contributed by atoms with van der Waals surface area (Å²) in [7, 11) is 0. The summed E-state index contributed by atoms with van der Waals surface area (Å²) in [6.45, 7) is 1.49. The van der Waals surface area contributed by atoms with Crippen molar-refractivity contribution in [1.82, 2.24) is 5.32 Å². The van der Waals surface area contributed by atoms with Crippen molar-refractivity contribution in [1.29, 1.82) is 0 Å². The number of anilines is 1. The van der Waals surface area contributed by atoms with Gasteiger partial charge in [0.2, 0.25) is 11.8 Å². The number of hydrogen-bond donors (Lipinski definition) is 1. The summed E-state index contributed by atoms with van der Waals surface area (Å²) < 4.78 is 5.46. The maximum absolute atomic E-state index is 12.2. The fraction of sp³-hybridized carbons (Fsp3) is 0.500. The average Bonchev–Trinajstić information content (AvgIpc) is 3.22. The number of nitro groups is 1. The van der Waals surface area contributed by atoms with Crippen molar-refractivity contribution in [3.63, 3.8) is 0 Å². The molecule has 0 aromatic heterocycles. The molecule has 24 heavy (non-hydrogen) atoms. The third-order valence-corrected chi connectivity index (χ3v) is 4.40. The molecule has 0 unspecified atom stereocenters. The van der Waals surface area contributed by atoms with Crippen LogP contribution >= 0.6 is 0 Å². The first-order valence-corrected chi connectivity index (χ1v) is 7.98. The Morgan fingerprint density at radius 2 is 2.12 bits per heavy atom. The molecular weight excluding hydrogens is 314 g/mol. The number of benzene rings is 1. The van der Waals surface area contributed by atoms with Gasteiger partial charge in [-0.1, -0.05) is 0 Å². The summed E-state index contributed by atoms with van der Waals surface area (Å²) in [6, 6.07) is 5.77. The lowest BCUT2D eigenvalue weighted by Gasteiger charge is -2.17. The first kappa shape index (κ1) is 16.4. The van der Waals surface area contributed by atoms with E-state index in [9.17, 15) is 19.7 Å². The Bertz CT molecular complexity index is 640. The van der Waals surface area contributed by atoms with E-state index in [1.54, 1.807) is 0 Å². The fourth-order valence-electron chi connectivity index (χ4n) is 3.05. The Balaban J connectivity index is 1.58. The van der Waals surface area contributed by atoms with E-state index in [1.807, 2.05) is 0 Å². The van der Waals surface area contributed by atoms with E-state index in [0.29, 0.717) is 12.2 Å². The molecule has 2 fully saturated rings. The molecule has 2 heterocycles. The molecule has 128 valence electrons. The average molecular weight is 333 g/mol. The number of hydrogen-bond acceptors (Lipinski definition) is 5.